The minimum Gasteiger partial charge on any atom is -0.494 e. The van der Waals surface area contributed by atoms with Gasteiger partial charge in [-0.15, -0.1) is 0 Å². The fraction of sp³-hybridized carbons (Fsp3) is 0.393. The van der Waals surface area contributed by atoms with Gasteiger partial charge in [-0.25, -0.2) is 0 Å². The Bertz CT molecular complexity index is 866. The summed E-state index contributed by atoms with van der Waals surface area (Å²) in [4.78, 5) is 4.72. The lowest BCUT2D eigenvalue weighted by Gasteiger charge is -2.13. The molecule has 0 radical (unpaired) electrons. The van der Waals surface area contributed by atoms with Crippen LogP contribution in [-0.4, -0.2) is 11.6 Å². The van der Waals surface area contributed by atoms with E-state index in [2.05, 4.69) is 81.4 Å². The Morgan fingerprint density at radius 1 is 0.767 bits per heavy atom. The standard InChI is InChI=1S/C28H35NO/c1-4-6-8-20-30-27-17-15-26(16-18-27)25-13-11-24(12-14-25)22(3)28-19-10-23(21-29-28)9-7-5-2/h10-19,21-22H,4-9,20H2,1-3H3. The van der Waals surface area contributed by atoms with Crippen molar-refractivity contribution in [3.8, 4) is 16.9 Å². The Morgan fingerprint density at radius 3 is 2.03 bits per heavy atom. The van der Waals surface area contributed by atoms with Gasteiger partial charge in [0.05, 0.1) is 6.61 Å². The van der Waals surface area contributed by atoms with Gasteiger partial charge in [-0.1, -0.05) is 82.5 Å². The summed E-state index contributed by atoms with van der Waals surface area (Å²) in [5, 5.41) is 0. The first-order chi connectivity index (χ1) is 14.7. The molecule has 1 heterocycles. The van der Waals surface area contributed by atoms with Crippen LogP contribution in [0.4, 0.5) is 0 Å². The third kappa shape index (κ3) is 6.19. The second-order valence-corrected chi connectivity index (χ2v) is 8.12. The highest BCUT2D eigenvalue weighted by Gasteiger charge is 2.10. The van der Waals surface area contributed by atoms with Crippen molar-refractivity contribution < 1.29 is 4.74 Å². The number of aryl methyl sites for hydroxylation is 1. The van der Waals surface area contributed by atoms with Gasteiger partial charge in [-0.3, -0.25) is 4.98 Å². The molecule has 1 atom stereocenters. The van der Waals surface area contributed by atoms with Crippen molar-refractivity contribution in [2.45, 2.75) is 65.2 Å². The molecule has 1 aromatic heterocycles. The summed E-state index contributed by atoms with van der Waals surface area (Å²) < 4.78 is 5.82. The van der Waals surface area contributed by atoms with Crippen LogP contribution in [0.5, 0.6) is 5.75 Å². The van der Waals surface area contributed by atoms with Crippen LogP contribution < -0.4 is 4.74 Å². The normalized spacial score (nSPS) is 12.0. The fourth-order valence-electron chi connectivity index (χ4n) is 3.64. The predicted molar refractivity (Wildman–Crippen MR) is 127 cm³/mol. The molecule has 0 bridgehead atoms. The lowest BCUT2D eigenvalue weighted by Crippen LogP contribution is -2.00. The zero-order chi connectivity index (χ0) is 21.2. The molecule has 158 valence electrons. The Balaban J connectivity index is 1.61. The predicted octanol–water partition coefficient (Wildman–Crippen LogP) is 7.81. The van der Waals surface area contributed by atoms with E-state index in [-0.39, 0.29) is 5.92 Å². The van der Waals surface area contributed by atoms with Crippen molar-refractivity contribution >= 4 is 0 Å². The van der Waals surface area contributed by atoms with Crippen molar-refractivity contribution in [1.82, 2.24) is 4.98 Å². The molecule has 30 heavy (non-hydrogen) atoms. The summed E-state index contributed by atoms with van der Waals surface area (Å²) in [6, 6.07) is 21.7. The zero-order valence-electron chi connectivity index (χ0n) is 18.7. The summed E-state index contributed by atoms with van der Waals surface area (Å²) in [6.45, 7) is 7.47. The van der Waals surface area contributed by atoms with Crippen LogP contribution in [-0.2, 0) is 6.42 Å². The van der Waals surface area contributed by atoms with Crippen molar-refractivity contribution in [3.63, 3.8) is 0 Å². The van der Waals surface area contributed by atoms with Crippen molar-refractivity contribution in [2.75, 3.05) is 6.61 Å². The van der Waals surface area contributed by atoms with Crippen LogP contribution in [0.2, 0.25) is 0 Å². The summed E-state index contributed by atoms with van der Waals surface area (Å²) >= 11 is 0. The second-order valence-electron chi connectivity index (χ2n) is 8.12. The van der Waals surface area contributed by atoms with Crippen LogP contribution >= 0.6 is 0 Å². The maximum Gasteiger partial charge on any atom is 0.119 e. The van der Waals surface area contributed by atoms with Gasteiger partial charge in [0.1, 0.15) is 5.75 Å². The average molecular weight is 402 g/mol. The number of rotatable bonds is 11. The maximum absolute atomic E-state index is 5.82. The van der Waals surface area contributed by atoms with E-state index in [9.17, 15) is 0 Å². The van der Waals surface area contributed by atoms with Gasteiger partial charge in [-0.05, 0) is 59.7 Å². The molecule has 0 spiro atoms. The molecule has 0 aliphatic carbocycles. The second kappa shape index (κ2) is 11.5. The smallest absolute Gasteiger partial charge is 0.119 e. The molecule has 1 unspecified atom stereocenters. The molecule has 0 aliphatic heterocycles. The molecule has 3 rings (SSSR count). The lowest BCUT2D eigenvalue weighted by molar-refractivity contribution is 0.306. The van der Waals surface area contributed by atoms with E-state index in [1.54, 1.807) is 0 Å². The third-order valence-corrected chi connectivity index (χ3v) is 5.73. The SMILES string of the molecule is CCCCCOc1ccc(-c2ccc(C(C)c3ccc(CCCC)cn3)cc2)cc1. The van der Waals surface area contributed by atoms with Crippen LogP contribution in [0.15, 0.2) is 66.9 Å². The van der Waals surface area contributed by atoms with E-state index >= 15 is 0 Å². The number of ether oxygens (including phenoxy) is 1. The summed E-state index contributed by atoms with van der Waals surface area (Å²) in [5.41, 5.74) is 6.21. The molecule has 3 aromatic rings. The number of pyridine rings is 1. The Hall–Kier alpha value is -2.61. The molecule has 0 aliphatic rings. The molecular formula is C28H35NO. The fourth-order valence-corrected chi connectivity index (χ4v) is 3.64. The Morgan fingerprint density at radius 2 is 1.43 bits per heavy atom. The number of hydrogen-bond acceptors (Lipinski definition) is 2. The minimum atomic E-state index is 0.290. The third-order valence-electron chi connectivity index (χ3n) is 5.73. The topological polar surface area (TPSA) is 22.1 Å². The maximum atomic E-state index is 5.82. The number of hydrogen-bond donors (Lipinski definition) is 0. The van der Waals surface area contributed by atoms with Gasteiger partial charge >= 0.3 is 0 Å². The average Bonchev–Trinajstić information content (AvgIpc) is 2.81. The van der Waals surface area contributed by atoms with Gasteiger partial charge in [0.25, 0.3) is 0 Å². The van der Waals surface area contributed by atoms with Crippen molar-refractivity contribution in [3.05, 3.63) is 83.7 Å². The van der Waals surface area contributed by atoms with E-state index in [0.29, 0.717) is 0 Å². The van der Waals surface area contributed by atoms with Crippen LogP contribution in [0.3, 0.4) is 0 Å². The van der Waals surface area contributed by atoms with E-state index in [4.69, 9.17) is 9.72 Å². The van der Waals surface area contributed by atoms with Crippen LogP contribution in [0.25, 0.3) is 11.1 Å². The molecule has 2 nitrogen and oxygen atoms in total. The highest BCUT2D eigenvalue weighted by molar-refractivity contribution is 5.64. The zero-order valence-corrected chi connectivity index (χ0v) is 18.7. The van der Waals surface area contributed by atoms with Crippen LogP contribution in [0, 0.1) is 0 Å². The van der Waals surface area contributed by atoms with Gasteiger partial charge in [0, 0.05) is 17.8 Å². The molecule has 2 aromatic carbocycles. The van der Waals surface area contributed by atoms with E-state index in [1.165, 1.54) is 47.9 Å². The quantitative estimate of drug-likeness (QED) is 0.306. The number of nitrogens with zero attached hydrogens (tertiary/aromatic N) is 1. The lowest BCUT2D eigenvalue weighted by atomic mass is 9.94. The highest BCUT2D eigenvalue weighted by atomic mass is 16.5. The first-order valence-corrected chi connectivity index (χ1v) is 11.5. The number of benzene rings is 2. The molecule has 2 heteroatoms. The summed E-state index contributed by atoms with van der Waals surface area (Å²) in [5.74, 6) is 1.24. The molecule has 0 saturated carbocycles. The first kappa shape index (κ1) is 22.1. The highest BCUT2D eigenvalue weighted by Crippen LogP contribution is 2.27. The van der Waals surface area contributed by atoms with Gasteiger partial charge < -0.3 is 4.74 Å². The number of aromatic nitrogens is 1. The van der Waals surface area contributed by atoms with E-state index < -0.39 is 0 Å². The number of unbranched alkanes of at least 4 members (excludes halogenated alkanes) is 3. The molecule has 0 fully saturated rings. The van der Waals surface area contributed by atoms with Crippen molar-refractivity contribution in [2.24, 2.45) is 0 Å². The molecule has 0 amide bonds. The molecular weight excluding hydrogens is 366 g/mol. The van der Waals surface area contributed by atoms with Crippen LogP contribution in [0.1, 0.15) is 75.6 Å². The van der Waals surface area contributed by atoms with E-state index in [0.717, 1.165) is 30.9 Å². The van der Waals surface area contributed by atoms with Crippen molar-refractivity contribution in [1.29, 1.82) is 0 Å². The Labute approximate surface area is 182 Å². The summed E-state index contributed by atoms with van der Waals surface area (Å²) in [7, 11) is 0. The van der Waals surface area contributed by atoms with Gasteiger partial charge in [-0.2, -0.15) is 0 Å². The van der Waals surface area contributed by atoms with Gasteiger partial charge in [0.15, 0.2) is 0 Å². The molecule has 0 saturated heterocycles. The van der Waals surface area contributed by atoms with Gasteiger partial charge in [0.2, 0.25) is 0 Å². The first-order valence-electron chi connectivity index (χ1n) is 11.5. The van der Waals surface area contributed by atoms with E-state index in [1.807, 2.05) is 6.20 Å². The monoisotopic (exact) mass is 401 g/mol. The Kier molecular flexibility index (Phi) is 8.50. The summed E-state index contributed by atoms with van der Waals surface area (Å²) in [6.07, 6.45) is 9.17. The largest absolute Gasteiger partial charge is 0.494 e. The minimum absolute atomic E-state index is 0.290. The molecule has 0 N–H and O–H groups in total.